The first kappa shape index (κ1) is 14.2. The molecule has 0 bridgehead atoms. The molecule has 1 aliphatic rings. The number of likely N-dealkylation sites (N-methyl/N-ethyl adjacent to an activating group) is 1. The van der Waals surface area contributed by atoms with Gasteiger partial charge in [0.1, 0.15) is 11.4 Å². The van der Waals surface area contributed by atoms with E-state index < -0.39 is 0 Å². The standard InChI is InChI=1S/C16H23N5/c1-2-21-10-6-9-14(12-21)17-11-15-16(19-20-18-15)13-7-4-3-5-8-13/h3-5,7-8,14,17H,2,6,9-12H2,1H3,(H,18,19,20). The molecule has 1 aromatic heterocycles. The van der Waals surface area contributed by atoms with Crippen LogP contribution in [0.3, 0.4) is 0 Å². The average Bonchev–Trinajstić information content (AvgIpc) is 3.02. The molecule has 1 aromatic carbocycles. The normalized spacial score (nSPS) is 19.8. The van der Waals surface area contributed by atoms with Gasteiger partial charge >= 0.3 is 0 Å². The molecule has 5 nitrogen and oxygen atoms in total. The predicted octanol–water partition coefficient (Wildman–Crippen LogP) is 2.05. The van der Waals surface area contributed by atoms with Gasteiger partial charge in [-0.25, -0.2) is 0 Å². The fraction of sp³-hybridized carbons (Fsp3) is 0.500. The monoisotopic (exact) mass is 285 g/mol. The van der Waals surface area contributed by atoms with Gasteiger partial charge in [-0.2, -0.15) is 15.4 Å². The molecule has 1 atom stereocenters. The minimum atomic E-state index is 0.555. The molecule has 1 saturated heterocycles. The third-order valence-electron chi connectivity index (χ3n) is 4.18. The van der Waals surface area contributed by atoms with Crippen LogP contribution in [0.4, 0.5) is 0 Å². The highest BCUT2D eigenvalue weighted by atomic mass is 15.3. The van der Waals surface area contributed by atoms with Crippen LogP contribution in [-0.4, -0.2) is 46.0 Å². The fourth-order valence-electron chi connectivity index (χ4n) is 2.95. The van der Waals surface area contributed by atoms with Crippen LogP contribution in [0.1, 0.15) is 25.5 Å². The Morgan fingerprint density at radius 1 is 1.29 bits per heavy atom. The van der Waals surface area contributed by atoms with Gasteiger partial charge in [0.2, 0.25) is 0 Å². The molecule has 0 saturated carbocycles. The van der Waals surface area contributed by atoms with Gasteiger partial charge in [0, 0.05) is 24.7 Å². The Hall–Kier alpha value is -1.72. The molecule has 1 unspecified atom stereocenters. The van der Waals surface area contributed by atoms with E-state index in [1.807, 2.05) is 18.2 Å². The zero-order valence-corrected chi connectivity index (χ0v) is 12.5. The molecule has 21 heavy (non-hydrogen) atoms. The number of nitrogens with zero attached hydrogens (tertiary/aromatic N) is 3. The van der Waals surface area contributed by atoms with Crippen LogP contribution in [-0.2, 0) is 6.54 Å². The number of H-pyrrole nitrogens is 1. The van der Waals surface area contributed by atoms with Gasteiger partial charge in [-0.15, -0.1) is 0 Å². The minimum Gasteiger partial charge on any atom is -0.307 e. The van der Waals surface area contributed by atoms with Crippen molar-refractivity contribution >= 4 is 0 Å². The van der Waals surface area contributed by atoms with Gasteiger partial charge in [0.15, 0.2) is 0 Å². The second-order valence-electron chi connectivity index (χ2n) is 5.60. The lowest BCUT2D eigenvalue weighted by Crippen LogP contribution is -2.45. The van der Waals surface area contributed by atoms with E-state index in [4.69, 9.17) is 0 Å². The molecule has 112 valence electrons. The van der Waals surface area contributed by atoms with Crippen molar-refractivity contribution < 1.29 is 0 Å². The smallest absolute Gasteiger partial charge is 0.117 e. The van der Waals surface area contributed by atoms with Crippen molar-refractivity contribution in [3.05, 3.63) is 36.0 Å². The zero-order valence-electron chi connectivity index (χ0n) is 12.5. The summed E-state index contributed by atoms with van der Waals surface area (Å²) in [6.07, 6.45) is 2.52. The first-order valence-corrected chi connectivity index (χ1v) is 7.77. The van der Waals surface area contributed by atoms with Crippen molar-refractivity contribution in [1.29, 1.82) is 0 Å². The van der Waals surface area contributed by atoms with E-state index in [1.165, 1.54) is 19.4 Å². The summed E-state index contributed by atoms with van der Waals surface area (Å²) in [6, 6.07) is 10.8. The maximum Gasteiger partial charge on any atom is 0.117 e. The van der Waals surface area contributed by atoms with Gasteiger partial charge in [-0.05, 0) is 25.9 Å². The molecular weight excluding hydrogens is 262 g/mol. The molecule has 0 aliphatic carbocycles. The van der Waals surface area contributed by atoms with Crippen LogP contribution < -0.4 is 5.32 Å². The molecule has 1 aliphatic heterocycles. The van der Waals surface area contributed by atoms with E-state index in [9.17, 15) is 0 Å². The number of nitrogens with one attached hydrogen (secondary N) is 2. The van der Waals surface area contributed by atoms with Crippen LogP contribution >= 0.6 is 0 Å². The lowest BCUT2D eigenvalue weighted by atomic mass is 10.1. The topological polar surface area (TPSA) is 56.8 Å². The van der Waals surface area contributed by atoms with E-state index in [0.717, 1.165) is 36.6 Å². The Morgan fingerprint density at radius 3 is 2.95 bits per heavy atom. The molecule has 0 amide bonds. The Balaban J connectivity index is 1.63. The van der Waals surface area contributed by atoms with Crippen molar-refractivity contribution in [3.8, 4) is 11.3 Å². The molecule has 2 N–H and O–H groups in total. The third kappa shape index (κ3) is 3.49. The SMILES string of the molecule is CCN1CCCC(NCc2n[nH]nc2-c2ccccc2)C1. The number of hydrogen-bond acceptors (Lipinski definition) is 4. The first-order valence-electron chi connectivity index (χ1n) is 7.77. The van der Waals surface area contributed by atoms with Gasteiger partial charge in [-0.3, -0.25) is 0 Å². The summed E-state index contributed by atoms with van der Waals surface area (Å²) >= 11 is 0. The Labute approximate surface area is 125 Å². The maximum atomic E-state index is 4.30. The number of piperidine rings is 1. The molecule has 5 heteroatoms. The van der Waals surface area contributed by atoms with E-state index >= 15 is 0 Å². The maximum absolute atomic E-state index is 4.30. The number of rotatable bonds is 5. The van der Waals surface area contributed by atoms with Crippen molar-refractivity contribution in [2.75, 3.05) is 19.6 Å². The Kier molecular flexibility index (Phi) is 4.62. The average molecular weight is 285 g/mol. The molecule has 3 rings (SSSR count). The highest BCUT2D eigenvalue weighted by Gasteiger charge is 2.19. The number of benzene rings is 1. The quantitative estimate of drug-likeness (QED) is 0.883. The summed E-state index contributed by atoms with van der Waals surface area (Å²) in [7, 11) is 0. The largest absolute Gasteiger partial charge is 0.307 e. The predicted molar refractivity (Wildman–Crippen MR) is 83.8 cm³/mol. The van der Waals surface area contributed by atoms with Crippen LogP contribution in [0.25, 0.3) is 11.3 Å². The molecule has 1 fully saturated rings. The van der Waals surface area contributed by atoms with E-state index in [0.29, 0.717) is 6.04 Å². The van der Waals surface area contributed by atoms with Crippen molar-refractivity contribution in [3.63, 3.8) is 0 Å². The molecule has 0 radical (unpaired) electrons. The van der Waals surface area contributed by atoms with Crippen LogP contribution in [0.2, 0.25) is 0 Å². The molecular formula is C16H23N5. The van der Waals surface area contributed by atoms with Gasteiger partial charge in [0.05, 0.1) is 0 Å². The lowest BCUT2D eigenvalue weighted by Gasteiger charge is -2.32. The van der Waals surface area contributed by atoms with E-state index in [1.54, 1.807) is 0 Å². The molecule has 2 heterocycles. The van der Waals surface area contributed by atoms with Crippen LogP contribution in [0, 0.1) is 0 Å². The number of hydrogen-bond donors (Lipinski definition) is 2. The van der Waals surface area contributed by atoms with Crippen molar-refractivity contribution in [2.45, 2.75) is 32.4 Å². The van der Waals surface area contributed by atoms with Gasteiger partial charge in [-0.1, -0.05) is 37.3 Å². The highest BCUT2D eigenvalue weighted by molar-refractivity contribution is 5.60. The second-order valence-corrected chi connectivity index (χ2v) is 5.60. The number of likely N-dealkylation sites (tertiary alicyclic amines) is 1. The van der Waals surface area contributed by atoms with E-state index in [2.05, 4.69) is 44.7 Å². The summed E-state index contributed by atoms with van der Waals surface area (Å²) in [6.45, 7) is 6.50. The second kappa shape index (κ2) is 6.83. The molecule has 0 spiro atoms. The highest BCUT2D eigenvalue weighted by Crippen LogP contribution is 2.19. The summed E-state index contributed by atoms with van der Waals surface area (Å²) in [5.74, 6) is 0. The van der Waals surface area contributed by atoms with Gasteiger partial charge in [0.25, 0.3) is 0 Å². The minimum absolute atomic E-state index is 0.555. The summed E-state index contributed by atoms with van der Waals surface area (Å²) in [4.78, 5) is 2.50. The summed E-state index contributed by atoms with van der Waals surface area (Å²) < 4.78 is 0. The summed E-state index contributed by atoms with van der Waals surface area (Å²) in [5.41, 5.74) is 3.06. The van der Waals surface area contributed by atoms with Crippen LogP contribution in [0.5, 0.6) is 0 Å². The van der Waals surface area contributed by atoms with Gasteiger partial charge < -0.3 is 10.2 Å². The third-order valence-corrected chi connectivity index (χ3v) is 4.18. The van der Waals surface area contributed by atoms with Crippen molar-refractivity contribution in [1.82, 2.24) is 25.6 Å². The summed E-state index contributed by atoms with van der Waals surface area (Å²) in [5, 5.41) is 15.0. The fourth-order valence-corrected chi connectivity index (χ4v) is 2.95. The number of aromatic nitrogens is 3. The number of aromatic amines is 1. The first-order chi connectivity index (χ1) is 10.4. The Bertz CT molecular complexity index is 551. The van der Waals surface area contributed by atoms with E-state index in [-0.39, 0.29) is 0 Å². The lowest BCUT2D eigenvalue weighted by molar-refractivity contribution is 0.198. The van der Waals surface area contributed by atoms with Crippen LogP contribution in [0.15, 0.2) is 30.3 Å². The zero-order chi connectivity index (χ0) is 14.5. The Morgan fingerprint density at radius 2 is 2.14 bits per heavy atom. The molecule has 2 aromatic rings. The van der Waals surface area contributed by atoms with Crippen molar-refractivity contribution in [2.24, 2.45) is 0 Å².